The molecule has 0 radical (unpaired) electrons. The maximum absolute atomic E-state index is 13.2. The number of ether oxygens (including phenoxy) is 1. The van der Waals surface area contributed by atoms with E-state index in [4.69, 9.17) is 4.74 Å². The number of nitrogens with zero attached hydrogens (tertiary/aromatic N) is 2. The predicted molar refractivity (Wildman–Crippen MR) is 86.2 cm³/mol. The molecule has 0 saturated heterocycles. The number of nitrogens with one attached hydrogen (secondary N) is 2. The van der Waals surface area contributed by atoms with E-state index in [9.17, 15) is 9.18 Å². The Morgan fingerprint density at radius 3 is 2.74 bits per heavy atom. The van der Waals surface area contributed by atoms with Crippen LogP contribution >= 0.6 is 11.3 Å². The maximum atomic E-state index is 13.2. The normalized spacial score (nSPS) is 13.7. The number of hydrazine groups is 2. The Labute approximate surface area is 136 Å². The molecule has 23 heavy (non-hydrogen) atoms. The van der Waals surface area contributed by atoms with Crippen LogP contribution in [0.2, 0.25) is 0 Å². The van der Waals surface area contributed by atoms with Crippen molar-refractivity contribution in [3.8, 4) is 10.4 Å². The molecule has 120 valence electrons. The number of thiophene rings is 1. The second-order valence-electron chi connectivity index (χ2n) is 4.80. The van der Waals surface area contributed by atoms with Gasteiger partial charge in [-0.25, -0.2) is 14.7 Å². The highest BCUT2D eigenvalue weighted by Gasteiger charge is 2.24. The summed E-state index contributed by atoms with van der Waals surface area (Å²) in [5, 5.41) is 5.87. The van der Waals surface area contributed by atoms with Crippen LogP contribution in [0.15, 0.2) is 35.4 Å². The van der Waals surface area contributed by atoms with Crippen LogP contribution in [0.3, 0.4) is 0 Å². The highest BCUT2D eigenvalue weighted by Crippen LogP contribution is 2.34. The highest BCUT2D eigenvalue weighted by atomic mass is 32.1. The van der Waals surface area contributed by atoms with Crippen LogP contribution in [0.1, 0.15) is 22.2 Å². The molecule has 2 aromatic rings. The summed E-state index contributed by atoms with van der Waals surface area (Å²) in [4.78, 5) is 13.3. The lowest BCUT2D eigenvalue weighted by Crippen LogP contribution is -2.37. The number of carbonyl (C=O) groups is 1. The molecular formula is C15H15FN4O2S. The molecule has 1 aromatic heterocycles. The largest absolute Gasteiger partial charge is 0.462 e. The van der Waals surface area contributed by atoms with Crippen molar-refractivity contribution in [2.24, 2.45) is 5.10 Å². The first-order valence-electron chi connectivity index (χ1n) is 6.99. The van der Waals surface area contributed by atoms with Gasteiger partial charge in [-0.3, -0.25) is 5.01 Å². The fourth-order valence-electron chi connectivity index (χ4n) is 2.20. The van der Waals surface area contributed by atoms with Gasteiger partial charge in [-0.1, -0.05) is 12.1 Å². The molecule has 0 spiro atoms. The smallest absolute Gasteiger partial charge is 0.348 e. The third-order valence-corrected chi connectivity index (χ3v) is 4.42. The Balaban J connectivity index is 2.08. The van der Waals surface area contributed by atoms with E-state index in [0.29, 0.717) is 17.3 Å². The maximum Gasteiger partial charge on any atom is 0.348 e. The minimum atomic E-state index is -0.380. The first-order valence-corrected chi connectivity index (χ1v) is 7.81. The van der Waals surface area contributed by atoms with E-state index in [1.807, 2.05) is 0 Å². The minimum absolute atomic E-state index is 0.307. The predicted octanol–water partition coefficient (Wildman–Crippen LogP) is 2.35. The van der Waals surface area contributed by atoms with Gasteiger partial charge in [0.25, 0.3) is 0 Å². The van der Waals surface area contributed by atoms with Gasteiger partial charge in [-0.15, -0.1) is 22.0 Å². The Morgan fingerprint density at radius 2 is 2.13 bits per heavy atom. The van der Waals surface area contributed by atoms with E-state index in [-0.39, 0.29) is 11.8 Å². The number of esters is 1. The summed E-state index contributed by atoms with van der Waals surface area (Å²) < 4.78 is 18.2. The summed E-state index contributed by atoms with van der Waals surface area (Å²) in [5.41, 5.74) is 7.07. The standard InChI is InChI=1S/C15H15FN4O2S/c1-3-22-15(21)12-8-11(14-17-18-19-20(14)2)13(23-12)9-4-6-10(16)7-5-9/h4-8,18-19H,3H2,1-2H3. The summed E-state index contributed by atoms with van der Waals surface area (Å²) in [6, 6.07) is 7.87. The van der Waals surface area contributed by atoms with Crippen molar-refractivity contribution in [1.29, 1.82) is 0 Å². The van der Waals surface area contributed by atoms with Crippen LogP contribution in [-0.4, -0.2) is 30.5 Å². The Hall–Kier alpha value is -2.45. The molecule has 0 fully saturated rings. The SMILES string of the molecule is CCOC(=O)c1cc(C2=NNNN2C)c(-c2ccc(F)cc2)s1. The van der Waals surface area contributed by atoms with Gasteiger partial charge in [-0.2, -0.15) is 0 Å². The number of halogens is 1. The molecule has 2 heterocycles. The van der Waals surface area contributed by atoms with E-state index in [1.165, 1.54) is 23.5 Å². The zero-order chi connectivity index (χ0) is 16.4. The average molecular weight is 334 g/mol. The van der Waals surface area contributed by atoms with Crippen LogP contribution in [-0.2, 0) is 4.74 Å². The summed E-state index contributed by atoms with van der Waals surface area (Å²) in [7, 11) is 1.80. The van der Waals surface area contributed by atoms with E-state index in [1.54, 1.807) is 37.2 Å². The first kappa shape index (κ1) is 15.4. The van der Waals surface area contributed by atoms with Crippen LogP contribution < -0.4 is 11.1 Å². The molecule has 0 bridgehead atoms. The van der Waals surface area contributed by atoms with Gasteiger partial charge in [-0.05, 0) is 30.7 Å². The minimum Gasteiger partial charge on any atom is -0.462 e. The second kappa shape index (κ2) is 6.35. The van der Waals surface area contributed by atoms with Crippen LogP contribution in [0.5, 0.6) is 0 Å². The number of benzene rings is 1. The van der Waals surface area contributed by atoms with E-state index >= 15 is 0 Å². The van der Waals surface area contributed by atoms with Crippen molar-refractivity contribution in [1.82, 2.24) is 16.1 Å². The van der Waals surface area contributed by atoms with Crippen molar-refractivity contribution < 1.29 is 13.9 Å². The molecule has 0 unspecified atom stereocenters. The number of hydrazone groups is 1. The Morgan fingerprint density at radius 1 is 1.39 bits per heavy atom. The zero-order valence-corrected chi connectivity index (χ0v) is 13.4. The van der Waals surface area contributed by atoms with Crippen molar-refractivity contribution in [2.75, 3.05) is 13.7 Å². The highest BCUT2D eigenvalue weighted by molar-refractivity contribution is 7.17. The van der Waals surface area contributed by atoms with Gasteiger partial charge in [0.05, 0.1) is 6.61 Å². The van der Waals surface area contributed by atoms with Gasteiger partial charge < -0.3 is 4.74 Å². The molecule has 3 rings (SSSR count). The van der Waals surface area contributed by atoms with Crippen LogP contribution in [0.4, 0.5) is 4.39 Å². The number of hydrogen-bond acceptors (Lipinski definition) is 7. The van der Waals surface area contributed by atoms with Crippen LogP contribution in [0, 0.1) is 5.82 Å². The third-order valence-electron chi connectivity index (χ3n) is 3.25. The molecule has 1 aliphatic rings. The number of hydrogen-bond donors (Lipinski definition) is 2. The van der Waals surface area contributed by atoms with Gasteiger partial charge >= 0.3 is 5.97 Å². The average Bonchev–Trinajstić information content (AvgIpc) is 3.14. The fourth-order valence-corrected chi connectivity index (χ4v) is 3.25. The molecule has 0 amide bonds. The van der Waals surface area contributed by atoms with Crippen molar-refractivity contribution in [3.63, 3.8) is 0 Å². The van der Waals surface area contributed by atoms with Crippen molar-refractivity contribution in [3.05, 3.63) is 46.6 Å². The quantitative estimate of drug-likeness (QED) is 0.840. The number of amidine groups is 1. The molecule has 0 saturated carbocycles. The summed E-state index contributed by atoms with van der Waals surface area (Å²) >= 11 is 1.30. The molecule has 8 heteroatoms. The molecule has 0 aliphatic carbocycles. The van der Waals surface area contributed by atoms with E-state index in [2.05, 4.69) is 16.2 Å². The summed E-state index contributed by atoms with van der Waals surface area (Å²) in [6.07, 6.45) is 0. The lowest BCUT2D eigenvalue weighted by molar-refractivity contribution is 0.0532. The second-order valence-corrected chi connectivity index (χ2v) is 5.85. The zero-order valence-electron chi connectivity index (χ0n) is 12.6. The number of carbonyl (C=O) groups excluding carboxylic acids is 1. The lowest BCUT2D eigenvalue weighted by Gasteiger charge is -2.12. The molecule has 2 N–H and O–H groups in total. The summed E-state index contributed by atoms with van der Waals surface area (Å²) in [6.45, 7) is 2.07. The van der Waals surface area contributed by atoms with Gasteiger partial charge in [0.1, 0.15) is 10.7 Å². The van der Waals surface area contributed by atoms with E-state index in [0.717, 1.165) is 16.0 Å². The van der Waals surface area contributed by atoms with Crippen LogP contribution in [0.25, 0.3) is 10.4 Å². The van der Waals surface area contributed by atoms with Crippen molar-refractivity contribution >= 4 is 23.1 Å². The van der Waals surface area contributed by atoms with Gasteiger partial charge in [0.15, 0.2) is 5.84 Å². The fraction of sp³-hybridized carbons (Fsp3) is 0.200. The van der Waals surface area contributed by atoms with Gasteiger partial charge in [0.2, 0.25) is 0 Å². The Kier molecular flexibility index (Phi) is 4.26. The summed E-state index contributed by atoms with van der Waals surface area (Å²) in [5.74, 6) is -0.0541. The molecular weight excluding hydrogens is 319 g/mol. The third kappa shape index (κ3) is 3.03. The molecule has 0 atom stereocenters. The number of rotatable bonds is 4. The first-order chi connectivity index (χ1) is 11.1. The Bertz CT molecular complexity index is 757. The molecule has 1 aliphatic heterocycles. The topological polar surface area (TPSA) is 66.0 Å². The monoisotopic (exact) mass is 334 g/mol. The lowest BCUT2D eigenvalue weighted by atomic mass is 10.1. The van der Waals surface area contributed by atoms with Crippen molar-refractivity contribution in [2.45, 2.75) is 6.92 Å². The van der Waals surface area contributed by atoms with E-state index < -0.39 is 0 Å². The molecule has 1 aromatic carbocycles. The molecule has 6 nitrogen and oxygen atoms in total. The van der Waals surface area contributed by atoms with Gasteiger partial charge in [0, 0.05) is 17.5 Å².